The quantitative estimate of drug-likeness (QED) is 0.659. The minimum absolute atomic E-state index is 0.0387. The summed E-state index contributed by atoms with van der Waals surface area (Å²) in [5, 5.41) is 3.38. The minimum Gasteiger partial charge on any atom is -0.445 e. The van der Waals surface area contributed by atoms with E-state index >= 15 is 0 Å². The number of hydrogen-bond donors (Lipinski definition) is 1. The lowest BCUT2D eigenvalue weighted by Crippen LogP contribution is -2.31. The number of ether oxygens (including phenoxy) is 1. The molecule has 3 aromatic rings. The first-order chi connectivity index (χ1) is 13.8. The van der Waals surface area contributed by atoms with Gasteiger partial charge in [0.15, 0.2) is 0 Å². The summed E-state index contributed by atoms with van der Waals surface area (Å²) in [5.41, 5.74) is 2.97. The third-order valence-corrected chi connectivity index (χ3v) is 4.93. The van der Waals surface area contributed by atoms with Gasteiger partial charge in [-0.2, -0.15) is 0 Å². The summed E-state index contributed by atoms with van der Waals surface area (Å²) >= 11 is 0. The maximum atomic E-state index is 12.7. The number of amides is 1. The molecule has 1 aliphatic heterocycles. The van der Waals surface area contributed by atoms with Gasteiger partial charge in [0.1, 0.15) is 12.4 Å². The zero-order valence-corrected chi connectivity index (χ0v) is 15.6. The number of hydrogen-bond acceptors (Lipinski definition) is 4. The molecule has 0 radical (unpaired) electrons. The first kappa shape index (κ1) is 18.0. The van der Waals surface area contributed by atoms with E-state index in [-0.39, 0.29) is 18.7 Å². The van der Waals surface area contributed by atoms with Gasteiger partial charge in [0, 0.05) is 24.0 Å². The number of nitrogens with one attached hydrogen (secondary N) is 1. The van der Waals surface area contributed by atoms with Crippen molar-refractivity contribution in [3.63, 3.8) is 0 Å². The van der Waals surface area contributed by atoms with Crippen molar-refractivity contribution in [2.75, 3.05) is 11.9 Å². The third-order valence-electron chi connectivity index (χ3n) is 4.93. The highest BCUT2D eigenvalue weighted by atomic mass is 16.6. The second kappa shape index (κ2) is 8.57. The van der Waals surface area contributed by atoms with E-state index in [0.717, 1.165) is 35.5 Å². The molecule has 1 N–H and O–H groups in total. The van der Waals surface area contributed by atoms with Crippen LogP contribution in [0.3, 0.4) is 0 Å². The van der Waals surface area contributed by atoms with Crippen molar-refractivity contribution in [2.45, 2.75) is 25.5 Å². The standard InChI is InChI=1S/C23H23N3O2/c27-23(28-17-18-9-3-1-4-10-18)26-16-8-14-21(26)20-13-7-15-24-22(20)25-19-11-5-2-6-12-19/h1-7,9-13,15,21H,8,14,16-17H2,(H,24,25)/t21-/m1/s1. The molecular weight excluding hydrogens is 350 g/mol. The number of anilines is 2. The number of nitrogens with zero attached hydrogens (tertiary/aromatic N) is 2. The van der Waals surface area contributed by atoms with Crippen LogP contribution in [0.2, 0.25) is 0 Å². The van der Waals surface area contributed by atoms with E-state index in [1.807, 2.05) is 77.7 Å². The van der Waals surface area contributed by atoms with Gasteiger partial charge < -0.3 is 15.0 Å². The van der Waals surface area contributed by atoms with Gasteiger partial charge in [-0.3, -0.25) is 0 Å². The number of benzene rings is 2. The van der Waals surface area contributed by atoms with Crippen LogP contribution in [-0.4, -0.2) is 22.5 Å². The average molecular weight is 373 g/mol. The summed E-state index contributed by atoms with van der Waals surface area (Å²) in [6.45, 7) is 0.975. The Labute approximate surface area is 165 Å². The summed E-state index contributed by atoms with van der Waals surface area (Å²) in [5.74, 6) is 0.779. The van der Waals surface area contributed by atoms with Gasteiger partial charge in [-0.1, -0.05) is 54.6 Å². The first-order valence-corrected chi connectivity index (χ1v) is 9.55. The van der Waals surface area contributed by atoms with Gasteiger partial charge in [-0.15, -0.1) is 0 Å². The molecule has 1 aromatic heterocycles. The topological polar surface area (TPSA) is 54.5 Å². The molecule has 142 valence electrons. The van der Waals surface area contributed by atoms with Crippen molar-refractivity contribution in [2.24, 2.45) is 0 Å². The molecule has 5 heteroatoms. The predicted molar refractivity (Wildman–Crippen MR) is 109 cm³/mol. The summed E-state index contributed by atoms with van der Waals surface area (Å²) < 4.78 is 5.57. The second-order valence-corrected chi connectivity index (χ2v) is 6.82. The van der Waals surface area contributed by atoms with Gasteiger partial charge >= 0.3 is 6.09 Å². The molecule has 2 heterocycles. The third kappa shape index (κ3) is 4.14. The largest absolute Gasteiger partial charge is 0.445 e. The number of likely N-dealkylation sites (tertiary alicyclic amines) is 1. The fraction of sp³-hybridized carbons (Fsp3) is 0.217. The Morgan fingerprint density at radius 3 is 2.57 bits per heavy atom. The van der Waals surface area contributed by atoms with E-state index in [4.69, 9.17) is 4.74 Å². The van der Waals surface area contributed by atoms with Gasteiger partial charge in [0.05, 0.1) is 6.04 Å². The number of rotatable bonds is 5. The summed E-state index contributed by atoms with van der Waals surface area (Å²) in [7, 11) is 0. The number of pyridine rings is 1. The molecular formula is C23H23N3O2. The van der Waals surface area contributed by atoms with Crippen molar-refractivity contribution < 1.29 is 9.53 Å². The molecule has 0 aliphatic carbocycles. The number of carbonyl (C=O) groups is 1. The highest BCUT2D eigenvalue weighted by Crippen LogP contribution is 2.36. The minimum atomic E-state index is -0.277. The van der Waals surface area contributed by atoms with Gasteiger partial charge in [0.25, 0.3) is 0 Å². The van der Waals surface area contributed by atoms with E-state index in [0.29, 0.717) is 6.54 Å². The molecule has 0 bridgehead atoms. The molecule has 1 aliphatic rings. The zero-order valence-electron chi connectivity index (χ0n) is 15.6. The molecule has 1 fully saturated rings. The average Bonchev–Trinajstić information content (AvgIpc) is 3.24. The summed E-state index contributed by atoms with van der Waals surface area (Å²) in [4.78, 5) is 19.1. The van der Waals surface area contributed by atoms with Crippen LogP contribution in [0.25, 0.3) is 0 Å². The van der Waals surface area contributed by atoms with E-state index in [9.17, 15) is 4.79 Å². The monoisotopic (exact) mass is 373 g/mol. The van der Waals surface area contributed by atoms with Gasteiger partial charge in [-0.25, -0.2) is 9.78 Å². The van der Waals surface area contributed by atoms with E-state index in [2.05, 4.69) is 10.3 Å². The fourth-order valence-electron chi connectivity index (χ4n) is 3.56. The lowest BCUT2D eigenvalue weighted by molar-refractivity contribution is 0.0921. The van der Waals surface area contributed by atoms with Crippen LogP contribution >= 0.6 is 0 Å². The Bertz CT molecular complexity index is 915. The van der Waals surface area contributed by atoms with Crippen molar-refractivity contribution in [3.8, 4) is 0 Å². The SMILES string of the molecule is O=C(OCc1ccccc1)N1CCC[C@@H]1c1cccnc1Nc1ccccc1. The molecule has 28 heavy (non-hydrogen) atoms. The summed E-state index contributed by atoms with van der Waals surface area (Å²) in [6, 6.07) is 23.6. The Hall–Kier alpha value is -3.34. The fourth-order valence-corrected chi connectivity index (χ4v) is 3.56. The normalized spacial score (nSPS) is 16.0. The van der Waals surface area contributed by atoms with Gasteiger partial charge in [0.2, 0.25) is 0 Å². The first-order valence-electron chi connectivity index (χ1n) is 9.55. The van der Waals surface area contributed by atoms with E-state index in [1.54, 1.807) is 6.20 Å². The molecule has 0 spiro atoms. The lowest BCUT2D eigenvalue weighted by Gasteiger charge is -2.26. The molecule has 0 unspecified atom stereocenters. The Balaban J connectivity index is 1.49. The maximum absolute atomic E-state index is 12.7. The van der Waals surface area contributed by atoms with Crippen molar-refractivity contribution in [3.05, 3.63) is 90.1 Å². The maximum Gasteiger partial charge on any atom is 0.410 e. The van der Waals surface area contributed by atoms with Gasteiger partial charge in [-0.05, 0) is 36.6 Å². The van der Waals surface area contributed by atoms with Crippen LogP contribution in [0.4, 0.5) is 16.3 Å². The van der Waals surface area contributed by atoms with E-state index < -0.39 is 0 Å². The molecule has 2 aromatic carbocycles. The van der Waals surface area contributed by atoms with E-state index in [1.165, 1.54) is 0 Å². The van der Waals surface area contributed by atoms with Crippen molar-refractivity contribution in [1.29, 1.82) is 0 Å². The summed E-state index contributed by atoms with van der Waals surface area (Å²) in [6.07, 6.45) is 3.34. The highest BCUT2D eigenvalue weighted by Gasteiger charge is 2.32. The van der Waals surface area contributed by atoms with Crippen LogP contribution in [-0.2, 0) is 11.3 Å². The number of aromatic nitrogens is 1. The van der Waals surface area contributed by atoms with Crippen LogP contribution in [0.1, 0.15) is 30.0 Å². The smallest absolute Gasteiger partial charge is 0.410 e. The number of carbonyl (C=O) groups excluding carboxylic acids is 1. The molecule has 0 saturated carbocycles. The Morgan fingerprint density at radius 2 is 1.79 bits per heavy atom. The van der Waals surface area contributed by atoms with Crippen molar-refractivity contribution in [1.82, 2.24) is 9.88 Å². The predicted octanol–water partition coefficient (Wildman–Crippen LogP) is 5.30. The van der Waals surface area contributed by atoms with Crippen LogP contribution in [0.15, 0.2) is 79.0 Å². The van der Waals surface area contributed by atoms with Crippen LogP contribution < -0.4 is 5.32 Å². The number of para-hydroxylation sites is 1. The zero-order chi connectivity index (χ0) is 19.2. The van der Waals surface area contributed by atoms with Crippen LogP contribution in [0, 0.1) is 0 Å². The van der Waals surface area contributed by atoms with Crippen molar-refractivity contribution >= 4 is 17.6 Å². The van der Waals surface area contributed by atoms with Crippen LogP contribution in [0.5, 0.6) is 0 Å². The Kier molecular flexibility index (Phi) is 5.52. The molecule has 4 rings (SSSR count). The molecule has 1 atom stereocenters. The molecule has 1 saturated heterocycles. The molecule has 5 nitrogen and oxygen atoms in total. The highest BCUT2D eigenvalue weighted by molar-refractivity contribution is 5.70. The Morgan fingerprint density at radius 1 is 1.04 bits per heavy atom. The second-order valence-electron chi connectivity index (χ2n) is 6.82. The molecule has 1 amide bonds. The lowest BCUT2D eigenvalue weighted by atomic mass is 10.1.